The Morgan fingerprint density at radius 2 is 2.07 bits per heavy atom. The Morgan fingerprint density at radius 3 is 2.62 bits per heavy atom. The van der Waals surface area contributed by atoms with Crippen LogP contribution in [0.2, 0.25) is 5.02 Å². The number of aryl methyl sites for hydroxylation is 2. The molecular formula is C19H18ClF3N4O2. The summed E-state index contributed by atoms with van der Waals surface area (Å²) in [4.78, 5) is 16.1. The summed E-state index contributed by atoms with van der Waals surface area (Å²) in [6.45, 7) is 2.35. The number of alkyl halides is 3. The van der Waals surface area contributed by atoms with Gasteiger partial charge in [0, 0.05) is 36.9 Å². The van der Waals surface area contributed by atoms with Crippen molar-refractivity contribution < 1.29 is 18.3 Å². The second kappa shape index (κ2) is 6.84. The largest absolute Gasteiger partial charge is 0.434 e. The number of rotatable bonds is 4. The molecule has 1 atom stereocenters. The van der Waals surface area contributed by atoms with Crippen molar-refractivity contribution in [1.82, 2.24) is 19.3 Å². The average Bonchev–Trinajstić information content (AvgIpc) is 3.43. The average molecular weight is 427 g/mol. The molecule has 0 amide bonds. The molecule has 0 aromatic carbocycles. The van der Waals surface area contributed by atoms with Gasteiger partial charge >= 0.3 is 6.18 Å². The summed E-state index contributed by atoms with van der Waals surface area (Å²) in [6, 6.07) is 1.05. The highest BCUT2D eigenvalue weighted by Crippen LogP contribution is 2.44. The van der Waals surface area contributed by atoms with Crippen LogP contribution in [0, 0.1) is 0 Å². The highest BCUT2D eigenvalue weighted by molar-refractivity contribution is 6.31. The van der Waals surface area contributed by atoms with Crippen molar-refractivity contribution >= 4 is 22.5 Å². The van der Waals surface area contributed by atoms with Gasteiger partial charge in [-0.15, -0.1) is 0 Å². The Bertz CT molecular complexity index is 1160. The molecule has 3 aromatic rings. The predicted molar refractivity (Wildman–Crippen MR) is 101 cm³/mol. The normalized spacial score (nSPS) is 15.8. The van der Waals surface area contributed by atoms with E-state index in [1.165, 1.54) is 4.68 Å². The molecule has 3 aromatic heterocycles. The first-order valence-corrected chi connectivity index (χ1v) is 9.51. The van der Waals surface area contributed by atoms with Gasteiger partial charge in [0.2, 0.25) is 0 Å². The molecule has 29 heavy (non-hydrogen) atoms. The highest BCUT2D eigenvalue weighted by atomic mass is 35.5. The van der Waals surface area contributed by atoms with Crippen LogP contribution in [0.15, 0.2) is 23.3 Å². The molecule has 154 valence electrons. The number of aromatic nitrogens is 4. The topological polar surface area (TPSA) is 72.9 Å². The minimum absolute atomic E-state index is 0.0920. The molecule has 0 spiro atoms. The van der Waals surface area contributed by atoms with Crippen LogP contribution >= 0.6 is 11.6 Å². The van der Waals surface area contributed by atoms with E-state index in [1.807, 2.05) is 6.92 Å². The summed E-state index contributed by atoms with van der Waals surface area (Å²) in [5.74, 6) is 0.264. The first kappa shape index (κ1) is 19.9. The molecule has 0 radical (unpaired) electrons. The molecule has 1 fully saturated rings. The Morgan fingerprint density at radius 1 is 1.38 bits per heavy atom. The monoisotopic (exact) mass is 426 g/mol. The molecule has 10 heteroatoms. The van der Waals surface area contributed by atoms with Gasteiger partial charge in [-0.1, -0.05) is 11.6 Å². The minimum Gasteiger partial charge on any atom is -0.382 e. The highest BCUT2D eigenvalue weighted by Gasteiger charge is 2.36. The van der Waals surface area contributed by atoms with E-state index in [0.717, 1.165) is 30.7 Å². The van der Waals surface area contributed by atoms with E-state index >= 15 is 0 Å². The van der Waals surface area contributed by atoms with Crippen LogP contribution in [0.3, 0.4) is 0 Å². The molecule has 4 rings (SSSR count). The van der Waals surface area contributed by atoms with Gasteiger partial charge in [0.15, 0.2) is 11.2 Å². The minimum atomic E-state index is -4.69. The lowest BCUT2D eigenvalue weighted by Crippen LogP contribution is -2.20. The maximum absolute atomic E-state index is 12.9. The Hall–Kier alpha value is -2.39. The van der Waals surface area contributed by atoms with Crippen LogP contribution in [0.4, 0.5) is 13.2 Å². The van der Waals surface area contributed by atoms with Gasteiger partial charge < -0.3 is 9.67 Å². The summed E-state index contributed by atoms with van der Waals surface area (Å²) in [5, 5.41) is 15.2. The number of hydrogen-bond donors (Lipinski definition) is 1. The molecular weight excluding hydrogens is 409 g/mol. The van der Waals surface area contributed by atoms with E-state index in [4.69, 9.17) is 11.6 Å². The van der Waals surface area contributed by atoms with Gasteiger partial charge in [-0.05, 0) is 37.3 Å². The van der Waals surface area contributed by atoms with Gasteiger partial charge in [0.25, 0.3) is 5.56 Å². The Balaban J connectivity index is 1.90. The van der Waals surface area contributed by atoms with Crippen LogP contribution in [-0.2, 0) is 19.8 Å². The lowest BCUT2D eigenvalue weighted by atomic mass is 10.00. The molecule has 0 saturated heterocycles. The van der Waals surface area contributed by atoms with Crippen LogP contribution in [0.5, 0.6) is 0 Å². The zero-order valence-electron chi connectivity index (χ0n) is 15.7. The molecule has 1 aliphatic rings. The molecule has 6 nitrogen and oxygen atoms in total. The molecule has 3 heterocycles. The maximum Gasteiger partial charge on any atom is 0.434 e. The summed E-state index contributed by atoms with van der Waals surface area (Å²) in [7, 11) is 1.59. The number of aliphatic hydroxyl groups excluding tert-OH is 1. The van der Waals surface area contributed by atoms with E-state index in [2.05, 4.69) is 10.1 Å². The summed E-state index contributed by atoms with van der Waals surface area (Å²) in [6.07, 6.45) is -1.36. The second-order valence-electron chi connectivity index (χ2n) is 7.18. The lowest BCUT2D eigenvalue weighted by molar-refractivity contribution is -0.141. The van der Waals surface area contributed by atoms with Crippen molar-refractivity contribution in [3.05, 3.63) is 56.4 Å². The zero-order valence-corrected chi connectivity index (χ0v) is 16.4. The maximum atomic E-state index is 12.9. The van der Waals surface area contributed by atoms with Crippen molar-refractivity contribution in [2.75, 3.05) is 0 Å². The standard InChI is InChI=1S/C19H18ClF3N4O2/c1-3-27-8-11(9-4-5-9)13-14(18(27)29)25-26(2)15(13)16(28)10-6-12(20)17(24-7-10)19(21,22)23/h6-9,16,28H,3-5H2,1-2H3/t16-/m0/s1. The van der Waals surface area contributed by atoms with Crippen LogP contribution in [0.1, 0.15) is 54.3 Å². The predicted octanol–water partition coefficient (Wildman–Crippen LogP) is 3.78. The van der Waals surface area contributed by atoms with Crippen molar-refractivity contribution in [3.8, 4) is 0 Å². The molecule has 1 aliphatic carbocycles. The first-order valence-electron chi connectivity index (χ1n) is 9.14. The Labute approximate surface area is 168 Å². The SMILES string of the molecule is CCn1cc(C2CC2)c2c([C@@H](O)c3cnc(C(F)(F)F)c(Cl)c3)n(C)nc2c1=O. The molecule has 1 N–H and O–H groups in total. The van der Waals surface area contributed by atoms with Gasteiger partial charge in [-0.2, -0.15) is 18.3 Å². The Kier molecular flexibility index (Phi) is 4.70. The number of halogens is 4. The number of fused-ring (bicyclic) bond motifs is 1. The van der Waals surface area contributed by atoms with Crippen molar-refractivity contribution in [3.63, 3.8) is 0 Å². The van der Waals surface area contributed by atoms with Crippen LogP contribution < -0.4 is 5.56 Å². The fraction of sp³-hybridized carbons (Fsp3) is 0.421. The third kappa shape index (κ3) is 3.32. The van der Waals surface area contributed by atoms with Crippen molar-refractivity contribution in [2.45, 2.75) is 44.5 Å². The van der Waals surface area contributed by atoms with Gasteiger partial charge in [0.05, 0.1) is 10.7 Å². The molecule has 1 saturated carbocycles. The summed E-state index contributed by atoms with van der Waals surface area (Å²) >= 11 is 5.76. The van der Waals surface area contributed by atoms with Crippen LogP contribution in [-0.4, -0.2) is 24.4 Å². The number of nitrogens with zero attached hydrogens (tertiary/aromatic N) is 4. The van der Waals surface area contributed by atoms with Gasteiger partial charge in [0.1, 0.15) is 6.10 Å². The van der Waals surface area contributed by atoms with E-state index in [1.54, 1.807) is 17.8 Å². The molecule has 0 aliphatic heterocycles. The second-order valence-corrected chi connectivity index (χ2v) is 7.59. The first-order chi connectivity index (χ1) is 13.6. The van der Waals surface area contributed by atoms with E-state index in [0.29, 0.717) is 17.6 Å². The van der Waals surface area contributed by atoms with Gasteiger partial charge in [-0.25, -0.2) is 4.98 Å². The summed E-state index contributed by atoms with van der Waals surface area (Å²) < 4.78 is 41.8. The van der Waals surface area contributed by atoms with Crippen molar-refractivity contribution in [1.29, 1.82) is 0 Å². The zero-order chi connectivity index (χ0) is 21.1. The smallest absolute Gasteiger partial charge is 0.382 e. The number of hydrogen-bond acceptors (Lipinski definition) is 4. The van der Waals surface area contributed by atoms with E-state index in [9.17, 15) is 23.1 Å². The van der Waals surface area contributed by atoms with Crippen LogP contribution in [0.25, 0.3) is 10.9 Å². The molecule has 0 unspecified atom stereocenters. The number of aliphatic hydroxyl groups is 1. The fourth-order valence-electron chi connectivity index (χ4n) is 3.62. The quantitative estimate of drug-likeness (QED) is 0.689. The fourth-order valence-corrected chi connectivity index (χ4v) is 3.90. The van der Waals surface area contributed by atoms with Gasteiger partial charge in [-0.3, -0.25) is 9.48 Å². The molecule has 0 bridgehead atoms. The third-order valence-corrected chi connectivity index (χ3v) is 5.49. The van der Waals surface area contributed by atoms with E-state index in [-0.39, 0.29) is 22.6 Å². The van der Waals surface area contributed by atoms with Crippen molar-refractivity contribution in [2.24, 2.45) is 7.05 Å². The van der Waals surface area contributed by atoms with E-state index < -0.39 is 23.0 Å². The summed E-state index contributed by atoms with van der Waals surface area (Å²) in [5.41, 5.74) is 0.0848. The third-order valence-electron chi connectivity index (χ3n) is 5.20. The number of pyridine rings is 2. The lowest BCUT2D eigenvalue weighted by Gasteiger charge is -2.16.